The molecule has 1 amide bonds. The van der Waals surface area contributed by atoms with Crippen LogP contribution < -0.4 is 5.56 Å². The van der Waals surface area contributed by atoms with Gasteiger partial charge in [0.15, 0.2) is 0 Å². The number of nitrogens with zero attached hydrogens (tertiary/aromatic N) is 3. The highest BCUT2D eigenvalue weighted by molar-refractivity contribution is 7.16. The average Bonchev–Trinajstić information content (AvgIpc) is 3.27. The fraction of sp³-hybridized carbons (Fsp3) is 0.529. The van der Waals surface area contributed by atoms with E-state index >= 15 is 0 Å². The molecule has 1 saturated heterocycles. The molecule has 0 spiro atoms. The van der Waals surface area contributed by atoms with Crippen molar-refractivity contribution in [1.29, 1.82) is 0 Å². The monoisotopic (exact) mass is 361 g/mol. The first-order chi connectivity index (χ1) is 12.0. The fourth-order valence-corrected chi connectivity index (χ4v) is 4.98. The van der Waals surface area contributed by atoms with Gasteiger partial charge in [-0.1, -0.05) is 6.42 Å². The highest BCUT2D eigenvalue weighted by Crippen LogP contribution is 2.48. The Labute approximate surface area is 147 Å². The van der Waals surface area contributed by atoms with Gasteiger partial charge in [0.05, 0.1) is 17.1 Å². The maximum atomic E-state index is 12.5. The number of rotatable bonds is 4. The first kappa shape index (κ1) is 16.3. The Morgan fingerprint density at radius 2 is 2.28 bits per heavy atom. The van der Waals surface area contributed by atoms with Crippen LogP contribution in [0, 0.1) is 11.3 Å². The third-order valence-electron chi connectivity index (χ3n) is 5.67. The summed E-state index contributed by atoms with van der Waals surface area (Å²) < 4.78 is 1.46. The molecule has 2 atom stereocenters. The lowest BCUT2D eigenvalue weighted by Gasteiger charge is -2.23. The molecule has 4 rings (SSSR count). The summed E-state index contributed by atoms with van der Waals surface area (Å²) in [4.78, 5) is 43.2. The largest absolute Gasteiger partial charge is 0.481 e. The van der Waals surface area contributed by atoms with Crippen molar-refractivity contribution in [3.05, 3.63) is 28.1 Å². The second-order valence-electron chi connectivity index (χ2n) is 6.96. The van der Waals surface area contributed by atoms with Crippen LogP contribution in [0.3, 0.4) is 0 Å². The number of aryl methyl sites for hydroxylation is 1. The van der Waals surface area contributed by atoms with Crippen molar-refractivity contribution >= 4 is 33.4 Å². The number of thiophene rings is 1. The average molecular weight is 361 g/mol. The molecule has 0 unspecified atom stereocenters. The SMILES string of the molecule is O=C(CCn1cnc2sccc2c1=O)N1C[C@@H]2CCC[C@@]2(C(=O)O)C1. The van der Waals surface area contributed by atoms with Gasteiger partial charge < -0.3 is 10.0 Å². The van der Waals surface area contributed by atoms with Crippen LogP contribution in [0.25, 0.3) is 10.2 Å². The van der Waals surface area contributed by atoms with E-state index in [-0.39, 0.29) is 30.3 Å². The van der Waals surface area contributed by atoms with Gasteiger partial charge in [0.2, 0.25) is 5.91 Å². The number of carbonyl (C=O) groups excluding carboxylic acids is 1. The summed E-state index contributed by atoms with van der Waals surface area (Å²) >= 11 is 1.41. The van der Waals surface area contributed by atoms with Gasteiger partial charge >= 0.3 is 5.97 Å². The van der Waals surface area contributed by atoms with Crippen LogP contribution in [0.15, 0.2) is 22.6 Å². The number of carboxylic acids is 1. The second kappa shape index (κ2) is 5.94. The number of carboxylic acid groups (broad SMARTS) is 1. The third-order valence-corrected chi connectivity index (χ3v) is 6.49. The summed E-state index contributed by atoms with van der Waals surface area (Å²) in [6.07, 6.45) is 4.09. The van der Waals surface area contributed by atoms with Gasteiger partial charge in [-0.25, -0.2) is 4.98 Å². The zero-order valence-electron chi connectivity index (χ0n) is 13.7. The lowest BCUT2D eigenvalue weighted by atomic mass is 9.81. The topological polar surface area (TPSA) is 92.5 Å². The molecule has 0 aromatic carbocycles. The van der Waals surface area contributed by atoms with Crippen LogP contribution in [0.2, 0.25) is 0 Å². The highest BCUT2D eigenvalue weighted by atomic mass is 32.1. The molecule has 2 aliphatic rings. The van der Waals surface area contributed by atoms with E-state index in [1.165, 1.54) is 22.2 Å². The number of fused-ring (bicyclic) bond motifs is 2. The Morgan fingerprint density at radius 3 is 3.04 bits per heavy atom. The van der Waals surface area contributed by atoms with Crippen molar-refractivity contribution in [1.82, 2.24) is 14.5 Å². The summed E-state index contributed by atoms with van der Waals surface area (Å²) in [6, 6.07) is 1.74. The van der Waals surface area contributed by atoms with Gasteiger partial charge in [0.25, 0.3) is 5.56 Å². The molecule has 3 heterocycles. The number of likely N-dealkylation sites (tertiary alicyclic amines) is 1. The van der Waals surface area contributed by atoms with Crippen molar-refractivity contribution in [3.63, 3.8) is 0 Å². The van der Waals surface area contributed by atoms with E-state index in [2.05, 4.69) is 4.98 Å². The van der Waals surface area contributed by atoms with Gasteiger partial charge in [-0.2, -0.15) is 0 Å². The van der Waals surface area contributed by atoms with Gasteiger partial charge in [0.1, 0.15) is 4.83 Å². The summed E-state index contributed by atoms with van der Waals surface area (Å²) in [7, 11) is 0. The molecule has 2 aromatic heterocycles. The first-order valence-corrected chi connectivity index (χ1v) is 9.33. The smallest absolute Gasteiger partial charge is 0.311 e. The molecular formula is C17H19N3O4S. The molecule has 1 N–H and O–H groups in total. The zero-order valence-corrected chi connectivity index (χ0v) is 14.5. The molecule has 2 aromatic rings. The molecule has 25 heavy (non-hydrogen) atoms. The summed E-state index contributed by atoms with van der Waals surface area (Å²) in [5.74, 6) is -0.818. The Kier molecular flexibility index (Phi) is 3.87. The molecule has 2 fully saturated rings. The molecule has 0 bridgehead atoms. The molecule has 1 aliphatic heterocycles. The van der Waals surface area contributed by atoms with Crippen molar-refractivity contribution in [3.8, 4) is 0 Å². The first-order valence-electron chi connectivity index (χ1n) is 8.45. The van der Waals surface area contributed by atoms with Crippen molar-refractivity contribution in [2.45, 2.75) is 32.2 Å². The lowest BCUT2D eigenvalue weighted by Crippen LogP contribution is -2.37. The second-order valence-corrected chi connectivity index (χ2v) is 7.85. The molecule has 0 radical (unpaired) electrons. The van der Waals surface area contributed by atoms with Crippen molar-refractivity contribution in [2.24, 2.45) is 11.3 Å². The van der Waals surface area contributed by atoms with E-state index < -0.39 is 11.4 Å². The Hall–Kier alpha value is -2.22. The van der Waals surface area contributed by atoms with E-state index in [0.29, 0.717) is 29.7 Å². The number of hydrogen-bond donors (Lipinski definition) is 1. The normalized spacial score (nSPS) is 25.4. The van der Waals surface area contributed by atoms with Crippen LogP contribution >= 0.6 is 11.3 Å². The molecule has 7 nitrogen and oxygen atoms in total. The summed E-state index contributed by atoms with van der Waals surface area (Å²) in [5, 5.41) is 12.0. The van der Waals surface area contributed by atoms with Gasteiger partial charge in [-0.3, -0.25) is 19.0 Å². The van der Waals surface area contributed by atoms with Crippen molar-refractivity contribution < 1.29 is 14.7 Å². The van der Waals surface area contributed by atoms with Crippen LogP contribution in [-0.2, 0) is 16.1 Å². The fourth-order valence-electron chi connectivity index (χ4n) is 4.26. The Bertz CT molecular complexity index is 905. The zero-order chi connectivity index (χ0) is 17.6. The van der Waals surface area contributed by atoms with Gasteiger partial charge in [-0.05, 0) is 30.2 Å². The van der Waals surface area contributed by atoms with Crippen LogP contribution in [0.1, 0.15) is 25.7 Å². The van der Waals surface area contributed by atoms with E-state index in [0.717, 1.165) is 12.8 Å². The van der Waals surface area contributed by atoms with Gasteiger partial charge in [-0.15, -0.1) is 11.3 Å². The predicted octanol–water partition coefficient (Wildman–Crippen LogP) is 1.56. The van der Waals surface area contributed by atoms with Gasteiger partial charge in [0, 0.05) is 26.1 Å². The Balaban J connectivity index is 1.45. The Morgan fingerprint density at radius 1 is 1.44 bits per heavy atom. The standard InChI is InChI=1S/C17H19N3O4S/c21-13(20-8-11-2-1-5-17(11,9-20)16(23)24)3-6-19-10-18-14-12(15(19)22)4-7-25-14/h4,7,10-11H,1-3,5-6,8-9H2,(H,23,24)/t11-,17+/m0/s1. The number of aliphatic carboxylic acids is 1. The highest BCUT2D eigenvalue weighted by Gasteiger charge is 2.55. The molecule has 1 saturated carbocycles. The predicted molar refractivity (Wildman–Crippen MR) is 92.5 cm³/mol. The number of amides is 1. The van der Waals surface area contributed by atoms with Crippen LogP contribution in [0.4, 0.5) is 0 Å². The quantitative estimate of drug-likeness (QED) is 0.892. The van der Waals surface area contributed by atoms with E-state index in [9.17, 15) is 19.5 Å². The maximum Gasteiger partial charge on any atom is 0.311 e. The number of aromatic nitrogens is 2. The molecule has 8 heteroatoms. The molecular weight excluding hydrogens is 342 g/mol. The van der Waals surface area contributed by atoms with Crippen LogP contribution in [-0.4, -0.2) is 44.5 Å². The summed E-state index contributed by atoms with van der Waals surface area (Å²) in [6.45, 7) is 1.07. The summed E-state index contributed by atoms with van der Waals surface area (Å²) in [5.41, 5.74) is -0.900. The van der Waals surface area contributed by atoms with E-state index in [1.807, 2.05) is 5.38 Å². The minimum Gasteiger partial charge on any atom is -0.481 e. The molecule has 132 valence electrons. The minimum atomic E-state index is -0.784. The van der Waals surface area contributed by atoms with E-state index in [1.54, 1.807) is 11.0 Å². The lowest BCUT2D eigenvalue weighted by molar-refractivity contribution is -0.149. The number of carbonyl (C=O) groups is 2. The maximum absolute atomic E-state index is 12.5. The number of hydrogen-bond acceptors (Lipinski definition) is 5. The van der Waals surface area contributed by atoms with Crippen molar-refractivity contribution in [2.75, 3.05) is 13.1 Å². The molecule has 1 aliphatic carbocycles. The van der Waals surface area contributed by atoms with Crippen LogP contribution in [0.5, 0.6) is 0 Å². The minimum absolute atomic E-state index is 0.0560. The van der Waals surface area contributed by atoms with E-state index in [4.69, 9.17) is 0 Å². The third kappa shape index (κ3) is 2.55.